The minimum atomic E-state index is -0.577. The van der Waals surface area contributed by atoms with Crippen LogP contribution in [0.1, 0.15) is 25.3 Å². The maximum absolute atomic E-state index is 10.0. The smallest absolute Gasteiger partial charge is 0.134 e. The summed E-state index contributed by atoms with van der Waals surface area (Å²) in [5.74, 6) is 0.849. The lowest BCUT2D eigenvalue weighted by molar-refractivity contribution is 0.0349. The average Bonchev–Trinajstić information content (AvgIpc) is 2.46. The first kappa shape index (κ1) is 13.3. The van der Waals surface area contributed by atoms with Crippen molar-refractivity contribution < 1.29 is 10.2 Å². The van der Waals surface area contributed by atoms with Crippen molar-refractivity contribution in [3.05, 3.63) is 35.9 Å². The van der Waals surface area contributed by atoms with Crippen molar-refractivity contribution in [1.82, 2.24) is 4.98 Å². The summed E-state index contributed by atoms with van der Waals surface area (Å²) in [7, 11) is 0. The molecular weight excluding hydrogens is 252 g/mol. The number of hydrogen-bond acceptors (Lipinski definition) is 4. The Morgan fingerprint density at radius 3 is 2.65 bits per heavy atom. The number of para-hydroxylation sites is 1. The monoisotopic (exact) mass is 272 g/mol. The predicted octanol–water partition coefficient (Wildman–Crippen LogP) is 2.08. The Labute approximate surface area is 118 Å². The van der Waals surface area contributed by atoms with Gasteiger partial charge in [-0.25, -0.2) is 4.98 Å². The molecule has 4 nitrogen and oxygen atoms in total. The summed E-state index contributed by atoms with van der Waals surface area (Å²) in [6.07, 6.45) is 1.46. The van der Waals surface area contributed by atoms with Crippen LogP contribution in [0.4, 0.5) is 5.82 Å². The molecule has 2 aromatic rings. The van der Waals surface area contributed by atoms with Crippen LogP contribution in [-0.2, 0) is 6.61 Å². The van der Waals surface area contributed by atoms with Gasteiger partial charge >= 0.3 is 0 Å². The van der Waals surface area contributed by atoms with E-state index in [4.69, 9.17) is 4.98 Å². The van der Waals surface area contributed by atoms with Crippen molar-refractivity contribution in [3.8, 4) is 0 Å². The summed E-state index contributed by atoms with van der Waals surface area (Å²) < 4.78 is 0. The Bertz CT molecular complexity index is 615. The second-order valence-corrected chi connectivity index (χ2v) is 5.81. The van der Waals surface area contributed by atoms with Crippen molar-refractivity contribution in [2.75, 3.05) is 18.0 Å². The molecule has 0 spiro atoms. The van der Waals surface area contributed by atoms with Gasteiger partial charge in [-0.15, -0.1) is 0 Å². The fourth-order valence-corrected chi connectivity index (χ4v) is 2.74. The zero-order valence-corrected chi connectivity index (χ0v) is 11.7. The zero-order chi connectivity index (χ0) is 14.2. The van der Waals surface area contributed by atoms with Crippen LogP contribution in [-0.4, -0.2) is 33.9 Å². The Balaban J connectivity index is 1.98. The fraction of sp³-hybridized carbons (Fsp3) is 0.438. The van der Waals surface area contributed by atoms with Gasteiger partial charge in [0.05, 0.1) is 17.7 Å². The third-order valence-corrected chi connectivity index (χ3v) is 4.09. The van der Waals surface area contributed by atoms with Crippen LogP contribution >= 0.6 is 0 Å². The Morgan fingerprint density at radius 1 is 1.25 bits per heavy atom. The SMILES string of the molecule is CC1(O)CCN(c2nc3ccccc3cc2CO)CC1. The number of aliphatic hydroxyl groups excluding tert-OH is 1. The van der Waals surface area contributed by atoms with Crippen LogP contribution in [0.15, 0.2) is 30.3 Å². The lowest BCUT2D eigenvalue weighted by Crippen LogP contribution is -2.43. The minimum absolute atomic E-state index is 0.0138. The standard InChI is InChI=1S/C16H20N2O2/c1-16(20)6-8-18(9-7-16)15-13(11-19)10-12-4-2-3-5-14(12)17-15/h2-5,10,19-20H,6-9,11H2,1H3. The van der Waals surface area contributed by atoms with E-state index >= 15 is 0 Å². The van der Waals surface area contributed by atoms with Crippen LogP contribution < -0.4 is 4.90 Å². The number of aromatic nitrogens is 1. The number of nitrogens with zero attached hydrogens (tertiary/aromatic N) is 2. The Hall–Kier alpha value is -1.65. The normalized spacial score (nSPS) is 18.4. The number of aliphatic hydroxyl groups is 2. The summed E-state index contributed by atoms with van der Waals surface area (Å²) in [5, 5.41) is 20.7. The zero-order valence-electron chi connectivity index (χ0n) is 11.7. The maximum atomic E-state index is 10.0. The number of hydrogen-bond donors (Lipinski definition) is 2. The number of rotatable bonds is 2. The highest BCUT2D eigenvalue weighted by Crippen LogP contribution is 2.29. The lowest BCUT2D eigenvalue weighted by atomic mass is 9.93. The summed E-state index contributed by atoms with van der Waals surface area (Å²) in [6, 6.07) is 9.94. The van der Waals surface area contributed by atoms with Crippen molar-refractivity contribution in [2.24, 2.45) is 0 Å². The van der Waals surface area contributed by atoms with Gasteiger partial charge in [0.15, 0.2) is 0 Å². The third-order valence-electron chi connectivity index (χ3n) is 4.09. The van der Waals surface area contributed by atoms with Gasteiger partial charge in [0, 0.05) is 24.0 Å². The van der Waals surface area contributed by atoms with Crippen molar-refractivity contribution in [3.63, 3.8) is 0 Å². The molecule has 1 aliphatic heterocycles. The Morgan fingerprint density at radius 2 is 1.95 bits per heavy atom. The average molecular weight is 272 g/mol. The fourth-order valence-electron chi connectivity index (χ4n) is 2.74. The molecule has 1 aromatic carbocycles. The third kappa shape index (κ3) is 2.49. The van der Waals surface area contributed by atoms with E-state index in [2.05, 4.69) is 4.90 Å². The molecule has 4 heteroatoms. The molecule has 0 bridgehead atoms. The number of pyridine rings is 1. The molecule has 106 valence electrons. The van der Waals surface area contributed by atoms with Gasteiger partial charge in [-0.3, -0.25) is 0 Å². The van der Waals surface area contributed by atoms with Crippen LogP contribution in [0, 0.1) is 0 Å². The highest BCUT2D eigenvalue weighted by Gasteiger charge is 2.28. The second kappa shape index (κ2) is 5.04. The molecule has 0 unspecified atom stereocenters. The largest absolute Gasteiger partial charge is 0.392 e. The topological polar surface area (TPSA) is 56.6 Å². The van der Waals surface area contributed by atoms with Gasteiger partial charge in [-0.05, 0) is 31.9 Å². The predicted molar refractivity (Wildman–Crippen MR) is 79.7 cm³/mol. The molecular formula is C16H20N2O2. The second-order valence-electron chi connectivity index (χ2n) is 5.81. The summed E-state index contributed by atoms with van der Waals surface area (Å²) in [5.41, 5.74) is 1.22. The molecule has 0 aliphatic carbocycles. The van der Waals surface area contributed by atoms with E-state index in [9.17, 15) is 10.2 Å². The van der Waals surface area contributed by atoms with Crippen molar-refractivity contribution >= 4 is 16.7 Å². The molecule has 0 atom stereocenters. The maximum Gasteiger partial charge on any atom is 0.134 e. The highest BCUT2D eigenvalue weighted by atomic mass is 16.3. The molecule has 0 amide bonds. The van der Waals surface area contributed by atoms with Gasteiger partial charge in [0.25, 0.3) is 0 Å². The van der Waals surface area contributed by atoms with E-state index in [0.717, 1.165) is 48.2 Å². The van der Waals surface area contributed by atoms with Crippen LogP contribution in [0.5, 0.6) is 0 Å². The van der Waals surface area contributed by atoms with Crippen LogP contribution in [0.25, 0.3) is 10.9 Å². The van der Waals surface area contributed by atoms with E-state index in [1.807, 2.05) is 37.3 Å². The van der Waals surface area contributed by atoms with Gasteiger partial charge in [0.2, 0.25) is 0 Å². The van der Waals surface area contributed by atoms with Crippen molar-refractivity contribution in [2.45, 2.75) is 32.0 Å². The van der Waals surface area contributed by atoms with E-state index in [-0.39, 0.29) is 6.61 Å². The molecule has 3 rings (SSSR count). The Kier molecular flexibility index (Phi) is 3.36. The van der Waals surface area contributed by atoms with E-state index < -0.39 is 5.60 Å². The molecule has 2 heterocycles. The van der Waals surface area contributed by atoms with Gasteiger partial charge in [-0.1, -0.05) is 18.2 Å². The minimum Gasteiger partial charge on any atom is -0.392 e. The van der Waals surface area contributed by atoms with E-state index in [1.54, 1.807) is 0 Å². The lowest BCUT2D eigenvalue weighted by Gasteiger charge is -2.37. The van der Waals surface area contributed by atoms with E-state index in [1.165, 1.54) is 0 Å². The van der Waals surface area contributed by atoms with Gasteiger partial charge in [-0.2, -0.15) is 0 Å². The molecule has 0 radical (unpaired) electrons. The van der Waals surface area contributed by atoms with Crippen LogP contribution in [0.2, 0.25) is 0 Å². The first-order chi connectivity index (χ1) is 9.59. The number of fused-ring (bicyclic) bond motifs is 1. The first-order valence-corrected chi connectivity index (χ1v) is 7.06. The molecule has 2 N–H and O–H groups in total. The summed E-state index contributed by atoms with van der Waals surface area (Å²) >= 11 is 0. The van der Waals surface area contributed by atoms with Crippen molar-refractivity contribution in [1.29, 1.82) is 0 Å². The molecule has 20 heavy (non-hydrogen) atoms. The number of piperidine rings is 1. The molecule has 1 fully saturated rings. The molecule has 1 aromatic heterocycles. The molecule has 1 aliphatic rings. The molecule has 1 saturated heterocycles. The summed E-state index contributed by atoms with van der Waals surface area (Å²) in [6.45, 7) is 3.40. The van der Waals surface area contributed by atoms with Gasteiger partial charge < -0.3 is 15.1 Å². The van der Waals surface area contributed by atoms with Crippen LogP contribution in [0.3, 0.4) is 0 Å². The molecule has 0 saturated carbocycles. The number of anilines is 1. The summed E-state index contributed by atoms with van der Waals surface area (Å²) in [4.78, 5) is 6.86. The first-order valence-electron chi connectivity index (χ1n) is 7.06. The van der Waals surface area contributed by atoms with Gasteiger partial charge in [0.1, 0.15) is 5.82 Å². The highest BCUT2D eigenvalue weighted by molar-refractivity contribution is 5.81. The van der Waals surface area contributed by atoms with E-state index in [0.29, 0.717) is 0 Å². The number of benzene rings is 1. The quantitative estimate of drug-likeness (QED) is 0.879.